The van der Waals surface area contributed by atoms with Crippen molar-refractivity contribution in [2.45, 2.75) is 249 Å². The van der Waals surface area contributed by atoms with Gasteiger partial charge in [0.25, 0.3) is 0 Å². The zero-order valence-corrected chi connectivity index (χ0v) is 40.5. The average Bonchev–Trinajstić information content (AvgIpc) is 3.20. The summed E-state index contributed by atoms with van der Waals surface area (Å²) in [7, 11) is 0. The molecule has 0 radical (unpaired) electrons. The van der Waals surface area contributed by atoms with E-state index in [1.54, 1.807) is 20.8 Å². The monoisotopic (exact) mass is 979 g/mol. The molecule has 0 bridgehead atoms. The molecular formula is C44H82O23. The van der Waals surface area contributed by atoms with E-state index in [9.17, 15) is 76.6 Å². The van der Waals surface area contributed by atoms with E-state index in [-0.39, 0.29) is 17.3 Å². The average molecular weight is 979 g/mol. The van der Waals surface area contributed by atoms with E-state index in [1.165, 1.54) is 0 Å². The molecule has 5 fully saturated rings. The number of hydrogen-bond acceptors (Lipinski definition) is 23. The summed E-state index contributed by atoms with van der Waals surface area (Å²) in [6, 6.07) is 0. The third kappa shape index (κ3) is 14.2. The first-order valence-corrected chi connectivity index (χ1v) is 22.9. The number of aliphatic hydroxyl groups is 15. The van der Waals surface area contributed by atoms with E-state index < -0.39 is 171 Å². The highest BCUT2D eigenvalue weighted by molar-refractivity contribution is 5.00. The van der Waals surface area contributed by atoms with Crippen molar-refractivity contribution in [1.29, 1.82) is 0 Å². The van der Waals surface area contributed by atoms with Gasteiger partial charge in [-0.3, -0.25) is 0 Å². The fraction of sp³-hybridized carbons (Fsp3) is 1.00. The Morgan fingerprint density at radius 2 is 0.627 bits per heavy atom. The predicted octanol–water partition coefficient (Wildman–Crippen LogP) is -3.97. The van der Waals surface area contributed by atoms with Crippen LogP contribution in [0.3, 0.4) is 0 Å². The molecule has 23 nitrogen and oxygen atoms in total. The molecule has 5 heterocycles. The predicted molar refractivity (Wildman–Crippen MR) is 229 cm³/mol. The van der Waals surface area contributed by atoms with Crippen LogP contribution in [0, 0.1) is 21.7 Å². The molecule has 0 saturated carbocycles. The molecule has 0 amide bonds. The minimum absolute atomic E-state index is 0.222. The second-order valence-corrected chi connectivity index (χ2v) is 23.2. The van der Waals surface area contributed by atoms with Gasteiger partial charge in [-0.05, 0) is 34.5 Å². The van der Waals surface area contributed by atoms with Crippen molar-refractivity contribution < 1.29 is 114 Å². The number of rotatable bonds is 9. The maximum atomic E-state index is 11.1. The summed E-state index contributed by atoms with van der Waals surface area (Å²) in [6.45, 7) is 21.5. The van der Waals surface area contributed by atoms with Gasteiger partial charge in [0.1, 0.15) is 97.7 Å². The van der Waals surface area contributed by atoms with Crippen LogP contribution in [0.4, 0.5) is 0 Å². The Kier molecular flexibility index (Phi) is 19.7. The second-order valence-electron chi connectivity index (χ2n) is 23.2. The van der Waals surface area contributed by atoms with Crippen LogP contribution in [0.25, 0.3) is 0 Å². The smallest absolute Gasteiger partial charge is 0.187 e. The molecule has 5 rings (SSSR count). The molecule has 396 valence electrons. The lowest BCUT2D eigenvalue weighted by Gasteiger charge is -2.50. The Labute approximate surface area is 391 Å². The van der Waals surface area contributed by atoms with Crippen LogP contribution >= 0.6 is 0 Å². The van der Waals surface area contributed by atoms with Crippen LogP contribution in [-0.4, -0.2) is 237 Å². The first-order chi connectivity index (χ1) is 30.5. The molecule has 5 saturated heterocycles. The van der Waals surface area contributed by atoms with Crippen molar-refractivity contribution in [3.8, 4) is 0 Å². The van der Waals surface area contributed by atoms with Crippen LogP contribution in [0.1, 0.15) is 95.9 Å². The van der Waals surface area contributed by atoms with Gasteiger partial charge in [-0.2, -0.15) is 0 Å². The highest BCUT2D eigenvalue weighted by Crippen LogP contribution is 2.40. The SMILES string of the molecule is CC(C)(C)CC1OC(OC2C(O)C(O)C(O)OC2C(C)(C)C)C(O)C(O)C1O.CC(C)(C)CC1OC(OC2C(O)C(O)C(O)OC2C(C)(C)C)C(OC2OC(CO)C(O)C(O)C2O)C(O)C1O. The van der Waals surface area contributed by atoms with Crippen LogP contribution < -0.4 is 0 Å². The van der Waals surface area contributed by atoms with Crippen molar-refractivity contribution in [3.05, 3.63) is 0 Å². The Bertz CT molecular complexity index is 1510. The first-order valence-electron chi connectivity index (χ1n) is 22.9. The molecule has 0 aromatic rings. The van der Waals surface area contributed by atoms with E-state index in [2.05, 4.69) is 0 Å². The molecule has 0 aromatic carbocycles. The van der Waals surface area contributed by atoms with E-state index in [0.717, 1.165) is 0 Å². The minimum atomic E-state index is -1.82. The number of aliphatic hydroxyl groups excluding tert-OH is 15. The topological polar surface area (TPSA) is 377 Å². The Morgan fingerprint density at radius 1 is 0.328 bits per heavy atom. The van der Waals surface area contributed by atoms with Crippen molar-refractivity contribution in [2.24, 2.45) is 21.7 Å². The van der Waals surface area contributed by atoms with Gasteiger partial charge in [0.2, 0.25) is 0 Å². The summed E-state index contributed by atoms with van der Waals surface area (Å²) in [5, 5.41) is 155. The summed E-state index contributed by atoms with van der Waals surface area (Å²) >= 11 is 0. The standard InChI is InChI=1S/C25H46O14.C19H36O9/c1-24(2,3)7-9-11(27)14(30)19(38-22-17(33)13(29)12(28)10(8-26)36-22)23(35-9)37-18-15(31)16(32)21(34)39-20(18)25(4,5)6;1-18(2,3)7-8-9(20)10(21)13(24)17(26-8)27-14-11(22)12(23)16(25)28-15(14)19(4,5)6/h9-23,26-34H,7-8H2,1-6H3;8-17,20-25H,7H2,1-6H3. The molecule has 25 atom stereocenters. The van der Waals surface area contributed by atoms with Crippen LogP contribution in [0.2, 0.25) is 0 Å². The highest BCUT2D eigenvalue weighted by atomic mass is 16.8. The Balaban J connectivity index is 0.000000309. The van der Waals surface area contributed by atoms with E-state index in [4.69, 9.17) is 37.9 Å². The molecule has 67 heavy (non-hydrogen) atoms. The van der Waals surface area contributed by atoms with E-state index >= 15 is 0 Å². The van der Waals surface area contributed by atoms with Crippen molar-refractivity contribution in [3.63, 3.8) is 0 Å². The third-order valence-corrected chi connectivity index (χ3v) is 12.5. The minimum Gasteiger partial charge on any atom is -0.394 e. The number of hydrogen-bond donors (Lipinski definition) is 15. The second kappa shape index (κ2) is 22.5. The maximum absolute atomic E-state index is 11.1. The summed E-state index contributed by atoms with van der Waals surface area (Å²) in [4.78, 5) is 0. The lowest BCUT2D eigenvalue weighted by molar-refractivity contribution is -0.390. The van der Waals surface area contributed by atoms with Gasteiger partial charge < -0.3 is 114 Å². The molecule has 0 spiro atoms. The fourth-order valence-corrected chi connectivity index (χ4v) is 8.78. The van der Waals surface area contributed by atoms with Crippen LogP contribution in [0.5, 0.6) is 0 Å². The van der Waals surface area contributed by atoms with Crippen LogP contribution in [-0.2, 0) is 37.9 Å². The van der Waals surface area contributed by atoms with Crippen molar-refractivity contribution in [2.75, 3.05) is 6.61 Å². The molecular weight excluding hydrogens is 896 g/mol. The molecule has 15 N–H and O–H groups in total. The van der Waals surface area contributed by atoms with Crippen molar-refractivity contribution >= 4 is 0 Å². The van der Waals surface area contributed by atoms with Gasteiger partial charge in [0, 0.05) is 0 Å². The van der Waals surface area contributed by atoms with E-state index in [1.807, 2.05) is 62.3 Å². The largest absolute Gasteiger partial charge is 0.394 e. The van der Waals surface area contributed by atoms with Gasteiger partial charge in [0.05, 0.1) is 31.0 Å². The fourth-order valence-electron chi connectivity index (χ4n) is 8.78. The quantitative estimate of drug-likeness (QED) is 0.105. The highest BCUT2D eigenvalue weighted by Gasteiger charge is 2.57. The van der Waals surface area contributed by atoms with Gasteiger partial charge >= 0.3 is 0 Å². The van der Waals surface area contributed by atoms with Gasteiger partial charge in [-0.15, -0.1) is 0 Å². The summed E-state index contributed by atoms with van der Waals surface area (Å²) < 4.78 is 45.8. The molecule has 5 aliphatic rings. The lowest BCUT2D eigenvalue weighted by atomic mass is 9.81. The van der Waals surface area contributed by atoms with Gasteiger partial charge in [-0.25, -0.2) is 0 Å². The number of ether oxygens (including phenoxy) is 8. The maximum Gasteiger partial charge on any atom is 0.187 e. The molecule has 0 aliphatic carbocycles. The Hall–Kier alpha value is -0.920. The zero-order valence-electron chi connectivity index (χ0n) is 40.5. The first kappa shape index (κ1) is 58.6. The van der Waals surface area contributed by atoms with Gasteiger partial charge in [-0.1, -0.05) is 83.1 Å². The summed E-state index contributed by atoms with van der Waals surface area (Å²) in [5.74, 6) is 0. The summed E-state index contributed by atoms with van der Waals surface area (Å²) in [5.41, 5.74) is -1.89. The van der Waals surface area contributed by atoms with Crippen LogP contribution in [0.15, 0.2) is 0 Å². The molecule has 23 heteroatoms. The third-order valence-electron chi connectivity index (χ3n) is 12.5. The molecule has 25 unspecified atom stereocenters. The summed E-state index contributed by atoms with van der Waals surface area (Å²) in [6.07, 6.45) is -35.4. The molecule has 5 aliphatic heterocycles. The lowest BCUT2D eigenvalue weighted by Crippen LogP contribution is -2.67. The normalized spacial score (nSPS) is 47.2. The van der Waals surface area contributed by atoms with Crippen molar-refractivity contribution in [1.82, 2.24) is 0 Å². The Morgan fingerprint density at radius 3 is 0.985 bits per heavy atom. The zero-order chi connectivity index (χ0) is 51.2. The van der Waals surface area contributed by atoms with E-state index in [0.29, 0.717) is 6.42 Å². The molecule has 0 aromatic heterocycles. The van der Waals surface area contributed by atoms with Gasteiger partial charge in [0.15, 0.2) is 31.5 Å².